The molecule has 0 radical (unpaired) electrons. The maximum Gasteiger partial charge on any atom is 0.0167 e. The molecule has 0 saturated heterocycles. The third-order valence-electron chi connectivity index (χ3n) is 3.83. The summed E-state index contributed by atoms with van der Waals surface area (Å²) in [6.45, 7) is 11.4. The summed E-state index contributed by atoms with van der Waals surface area (Å²) in [5, 5.41) is 3.46. The van der Waals surface area contributed by atoms with Crippen molar-refractivity contribution in [3.63, 3.8) is 0 Å². The van der Waals surface area contributed by atoms with E-state index in [-0.39, 0.29) is 0 Å². The third-order valence-corrected chi connectivity index (χ3v) is 3.83. The van der Waals surface area contributed by atoms with Crippen molar-refractivity contribution >= 4 is 0 Å². The second-order valence-electron chi connectivity index (χ2n) is 5.70. The van der Waals surface area contributed by atoms with E-state index in [1.807, 2.05) is 0 Å². The van der Waals surface area contributed by atoms with Crippen LogP contribution in [-0.2, 0) is 0 Å². The predicted octanol–water partition coefficient (Wildman–Crippen LogP) is 4.00. The number of hydrogen-bond donors (Lipinski definition) is 1. The molecule has 0 aromatic heterocycles. The molecule has 1 aliphatic rings. The molecule has 0 amide bonds. The minimum atomic E-state index is 0.693. The molecule has 0 unspecified atom stereocenters. The first kappa shape index (κ1) is 13.8. The summed E-state index contributed by atoms with van der Waals surface area (Å²) in [6.07, 6.45) is 8.23. The zero-order valence-corrected chi connectivity index (χ0v) is 11.6. The minimum Gasteiger partial charge on any atom is -0.313 e. The Morgan fingerprint density at radius 1 is 1.25 bits per heavy atom. The van der Waals surface area contributed by atoms with E-state index >= 15 is 0 Å². The fourth-order valence-corrected chi connectivity index (χ4v) is 2.48. The van der Waals surface area contributed by atoms with Gasteiger partial charge in [-0.2, -0.15) is 0 Å². The lowest BCUT2D eigenvalue weighted by molar-refractivity contribution is 0.328. The van der Waals surface area contributed by atoms with Crippen LogP contribution in [0.5, 0.6) is 0 Å². The first-order valence-corrected chi connectivity index (χ1v) is 7.04. The van der Waals surface area contributed by atoms with Gasteiger partial charge in [-0.1, -0.05) is 52.2 Å². The zero-order chi connectivity index (χ0) is 12.0. The first-order chi connectivity index (χ1) is 7.63. The van der Waals surface area contributed by atoms with Crippen LogP contribution in [-0.4, -0.2) is 13.1 Å². The van der Waals surface area contributed by atoms with Gasteiger partial charge < -0.3 is 5.32 Å². The standard InChI is InChI=1S/C15H29N/c1-5-16-11-15(12(2)3)10-14-8-6-13(4)7-9-14/h10,12-14,16H,5-9,11H2,1-4H3/b15-10+. The van der Waals surface area contributed by atoms with E-state index in [1.54, 1.807) is 5.57 Å². The normalized spacial score (nSPS) is 27.4. The molecule has 1 nitrogen and oxygen atoms in total. The first-order valence-electron chi connectivity index (χ1n) is 7.04. The molecule has 1 fully saturated rings. The molecule has 0 bridgehead atoms. The van der Waals surface area contributed by atoms with Crippen molar-refractivity contribution in [3.8, 4) is 0 Å². The third kappa shape index (κ3) is 4.69. The summed E-state index contributed by atoms with van der Waals surface area (Å²) in [7, 11) is 0. The van der Waals surface area contributed by atoms with Gasteiger partial charge in [0.25, 0.3) is 0 Å². The second kappa shape index (κ2) is 7.11. The Labute approximate surface area is 102 Å². The molecule has 0 atom stereocenters. The number of hydrogen-bond acceptors (Lipinski definition) is 1. The monoisotopic (exact) mass is 223 g/mol. The van der Waals surface area contributed by atoms with Crippen LogP contribution >= 0.6 is 0 Å². The van der Waals surface area contributed by atoms with Crippen LogP contribution < -0.4 is 5.32 Å². The van der Waals surface area contributed by atoms with Gasteiger partial charge in [0.05, 0.1) is 0 Å². The molecule has 0 heterocycles. The molecule has 0 spiro atoms. The van der Waals surface area contributed by atoms with Crippen molar-refractivity contribution in [1.29, 1.82) is 0 Å². The van der Waals surface area contributed by atoms with Crippen LogP contribution in [0.4, 0.5) is 0 Å². The van der Waals surface area contributed by atoms with Gasteiger partial charge in [0.15, 0.2) is 0 Å². The lowest BCUT2D eigenvalue weighted by atomic mass is 9.81. The highest BCUT2D eigenvalue weighted by atomic mass is 14.8. The van der Waals surface area contributed by atoms with Crippen LogP contribution in [0.3, 0.4) is 0 Å². The van der Waals surface area contributed by atoms with Crippen molar-refractivity contribution in [1.82, 2.24) is 5.32 Å². The van der Waals surface area contributed by atoms with Crippen molar-refractivity contribution in [2.24, 2.45) is 17.8 Å². The molecule has 0 aliphatic heterocycles. The van der Waals surface area contributed by atoms with Crippen molar-refractivity contribution in [2.45, 2.75) is 53.4 Å². The van der Waals surface area contributed by atoms with Gasteiger partial charge in [-0.15, -0.1) is 0 Å². The van der Waals surface area contributed by atoms with Crippen LogP contribution in [0, 0.1) is 17.8 Å². The lowest BCUT2D eigenvalue weighted by Crippen LogP contribution is -2.20. The number of likely N-dealkylation sites (N-methyl/N-ethyl adjacent to an activating group) is 1. The van der Waals surface area contributed by atoms with Gasteiger partial charge in [-0.3, -0.25) is 0 Å². The maximum atomic E-state index is 3.46. The summed E-state index contributed by atoms with van der Waals surface area (Å²) in [4.78, 5) is 0. The minimum absolute atomic E-state index is 0.693. The van der Waals surface area contributed by atoms with Crippen molar-refractivity contribution in [3.05, 3.63) is 11.6 Å². The Morgan fingerprint density at radius 2 is 1.88 bits per heavy atom. The predicted molar refractivity (Wildman–Crippen MR) is 72.6 cm³/mol. The second-order valence-corrected chi connectivity index (χ2v) is 5.70. The molecule has 1 aliphatic carbocycles. The molecule has 16 heavy (non-hydrogen) atoms. The van der Waals surface area contributed by atoms with Crippen LogP contribution in [0.25, 0.3) is 0 Å². The largest absolute Gasteiger partial charge is 0.313 e. The van der Waals surface area contributed by atoms with Gasteiger partial charge in [-0.25, -0.2) is 0 Å². The van der Waals surface area contributed by atoms with E-state index in [1.165, 1.54) is 25.7 Å². The molecule has 1 saturated carbocycles. The Hall–Kier alpha value is -0.300. The molecule has 0 aromatic rings. The highest BCUT2D eigenvalue weighted by molar-refractivity contribution is 5.09. The Bertz CT molecular complexity index is 209. The molecular formula is C15H29N. The Balaban J connectivity index is 2.49. The average molecular weight is 223 g/mol. The summed E-state index contributed by atoms with van der Waals surface area (Å²) in [5.41, 5.74) is 1.61. The number of allylic oxidation sites excluding steroid dienone is 1. The number of nitrogens with one attached hydrogen (secondary N) is 1. The van der Waals surface area contributed by atoms with Crippen LogP contribution in [0.15, 0.2) is 11.6 Å². The lowest BCUT2D eigenvalue weighted by Gasteiger charge is -2.25. The fourth-order valence-electron chi connectivity index (χ4n) is 2.48. The zero-order valence-electron chi connectivity index (χ0n) is 11.6. The Morgan fingerprint density at radius 3 is 2.38 bits per heavy atom. The van der Waals surface area contributed by atoms with Gasteiger partial charge in [0, 0.05) is 6.54 Å². The quantitative estimate of drug-likeness (QED) is 0.695. The average Bonchev–Trinajstić information content (AvgIpc) is 2.26. The van der Waals surface area contributed by atoms with Gasteiger partial charge in [-0.05, 0) is 37.1 Å². The van der Waals surface area contributed by atoms with Crippen LogP contribution in [0.2, 0.25) is 0 Å². The molecule has 0 aromatic carbocycles. The summed E-state index contributed by atoms with van der Waals surface area (Å²) in [5.74, 6) is 2.51. The highest BCUT2D eigenvalue weighted by Gasteiger charge is 2.17. The molecule has 94 valence electrons. The van der Waals surface area contributed by atoms with E-state index < -0.39 is 0 Å². The fraction of sp³-hybridized carbons (Fsp3) is 0.867. The summed E-state index contributed by atoms with van der Waals surface area (Å²) in [6, 6.07) is 0. The SMILES string of the molecule is CCNC/C(=C\C1CCC(C)CC1)C(C)C. The van der Waals surface area contributed by atoms with Crippen molar-refractivity contribution in [2.75, 3.05) is 13.1 Å². The molecule has 1 heteroatoms. The van der Waals surface area contributed by atoms with E-state index in [0.717, 1.165) is 24.9 Å². The maximum absolute atomic E-state index is 3.46. The smallest absolute Gasteiger partial charge is 0.0167 e. The van der Waals surface area contributed by atoms with Crippen LogP contribution in [0.1, 0.15) is 53.4 Å². The summed E-state index contributed by atoms with van der Waals surface area (Å²) >= 11 is 0. The van der Waals surface area contributed by atoms with Gasteiger partial charge in [0.1, 0.15) is 0 Å². The molecule has 1 rings (SSSR count). The van der Waals surface area contributed by atoms with Crippen molar-refractivity contribution < 1.29 is 0 Å². The highest BCUT2D eigenvalue weighted by Crippen LogP contribution is 2.30. The van der Waals surface area contributed by atoms with Gasteiger partial charge >= 0.3 is 0 Å². The van der Waals surface area contributed by atoms with E-state index in [0.29, 0.717) is 5.92 Å². The topological polar surface area (TPSA) is 12.0 Å². The molecule has 1 N–H and O–H groups in total. The van der Waals surface area contributed by atoms with Gasteiger partial charge in [0.2, 0.25) is 0 Å². The van der Waals surface area contributed by atoms with E-state index in [9.17, 15) is 0 Å². The van der Waals surface area contributed by atoms with E-state index in [4.69, 9.17) is 0 Å². The van der Waals surface area contributed by atoms with E-state index in [2.05, 4.69) is 39.1 Å². The number of rotatable bonds is 5. The summed E-state index contributed by atoms with van der Waals surface area (Å²) < 4.78 is 0. The molecular weight excluding hydrogens is 194 g/mol. The Kier molecular flexibility index (Phi) is 6.12.